The zero-order valence-electron chi connectivity index (χ0n) is 16.1. The monoisotopic (exact) mass is 514 g/mol. The Morgan fingerprint density at radius 1 is 1.23 bits per heavy atom. The molecule has 0 saturated heterocycles. The van der Waals surface area contributed by atoms with Gasteiger partial charge >= 0.3 is 5.69 Å². The Morgan fingerprint density at radius 2 is 1.87 bits per heavy atom. The SMILES string of the molecule is CO/C(N)=C/C=C(\N)n1c(=O)c2c(CO)c(Br)sc2n(Cc2c(F)cccc2F)c1=O. The van der Waals surface area contributed by atoms with Crippen LogP contribution in [0.2, 0.25) is 0 Å². The van der Waals surface area contributed by atoms with Gasteiger partial charge in [0.25, 0.3) is 5.56 Å². The zero-order chi connectivity index (χ0) is 22.9. The van der Waals surface area contributed by atoms with Crippen molar-refractivity contribution < 1.29 is 18.6 Å². The Labute approximate surface area is 186 Å². The van der Waals surface area contributed by atoms with Gasteiger partial charge in [-0.2, -0.15) is 0 Å². The van der Waals surface area contributed by atoms with Gasteiger partial charge in [-0.3, -0.25) is 9.36 Å². The number of hydrogen-bond donors (Lipinski definition) is 3. The van der Waals surface area contributed by atoms with Gasteiger partial charge in [0, 0.05) is 17.2 Å². The summed E-state index contributed by atoms with van der Waals surface area (Å²) in [6.45, 7) is -1.02. The molecule has 0 aliphatic carbocycles. The van der Waals surface area contributed by atoms with E-state index in [1.54, 1.807) is 0 Å². The molecule has 0 amide bonds. The summed E-state index contributed by atoms with van der Waals surface area (Å²) in [6.07, 6.45) is 2.42. The standard InChI is InChI=1S/C19H17BrF2N4O4S/c1-30-14(24)6-5-13(23)26-17(28)15-10(8-27)16(20)31-18(15)25(19(26)29)7-9-11(21)3-2-4-12(9)22/h2-6,27H,7-8,23-24H2,1H3/b13-5+,14-6+. The van der Waals surface area contributed by atoms with Crippen LogP contribution in [-0.2, 0) is 17.9 Å². The molecule has 2 aromatic heterocycles. The van der Waals surface area contributed by atoms with Gasteiger partial charge in [0.2, 0.25) is 0 Å². The van der Waals surface area contributed by atoms with Crippen LogP contribution < -0.4 is 22.7 Å². The lowest BCUT2D eigenvalue weighted by molar-refractivity contribution is 0.283. The Kier molecular flexibility index (Phi) is 6.62. The van der Waals surface area contributed by atoms with Gasteiger partial charge in [-0.05, 0) is 34.1 Å². The number of methoxy groups -OCH3 is 1. The van der Waals surface area contributed by atoms with E-state index in [2.05, 4.69) is 15.9 Å². The lowest BCUT2D eigenvalue weighted by Crippen LogP contribution is -2.41. The number of nitrogens with two attached hydrogens (primary N) is 2. The highest BCUT2D eigenvalue weighted by Crippen LogP contribution is 2.33. The lowest BCUT2D eigenvalue weighted by Gasteiger charge is -2.13. The smallest absolute Gasteiger partial charge is 0.338 e. The molecular weight excluding hydrogens is 498 g/mol. The van der Waals surface area contributed by atoms with Crippen molar-refractivity contribution in [1.82, 2.24) is 9.13 Å². The fraction of sp³-hybridized carbons (Fsp3) is 0.158. The number of nitrogens with zero attached hydrogens (tertiary/aromatic N) is 2. The molecule has 0 unspecified atom stereocenters. The van der Waals surface area contributed by atoms with E-state index >= 15 is 0 Å². The maximum atomic E-state index is 14.3. The summed E-state index contributed by atoms with van der Waals surface area (Å²) in [6, 6.07) is 3.33. The highest BCUT2D eigenvalue weighted by Gasteiger charge is 2.23. The molecule has 0 saturated carbocycles. The largest absolute Gasteiger partial charge is 0.483 e. The van der Waals surface area contributed by atoms with Gasteiger partial charge in [0.05, 0.1) is 29.4 Å². The van der Waals surface area contributed by atoms with Crippen molar-refractivity contribution in [1.29, 1.82) is 0 Å². The third kappa shape index (κ3) is 4.13. The molecule has 2 heterocycles. The first-order valence-corrected chi connectivity index (χ1v) is 10.3. The molecule has 31 heavy (non-hydrogen) atoms. The number of fused-ring (bicyclic) bond motifs is 1. The van der Waals surface area contributed by atoms with E-state index in [-0.39, 0.29) is 33.0 Å². The molecular formula is C19H17BrF2N4O4S. The molecule has 3 aromatic rings. The maximum Gasteiger partial charge on any atom is 0.338 e. The summed E-state index contributed by atoms with van der Waals surface area (Å²) >= 11 is 4.24. The molecule has 0 bridgehead atoms. The average Bonchev–Trinajstić information content (AvgIpc) is 3.07. The summed E-state index contributed by atoms with van der Waals surface area (Å²) in [7, 11) is 1.32. The van der Waals surface area contributed by atoms with Crippen LogP contribution in [0.4, 0.5) is 8.78 Å². The quantitative estimate of drug-likeness (QED) is 0.341. The third-order valence-corrected chi connectivity index (χ3v) is 6.48. The van der Waals surface area contributed by atoms with Crippen molar-refractivity contribution in [2.45, 2.75) is 13.2 Å². The number of benzene rings is 1. The lowest BCUT2D eigenvalue weighted by atomic mass is 10.2. The minimum atomic E-state index is -0.920. The normalized spacial score (nSPS) is 12.5. The summed E-state index contributed by atoms with van der Waals surface area (Å²) in [4.78, 5) is 26.4. The fourth-order valence-electron chi connectivity index (χ4n) is 2.90. The predicted molar refractivity (Wildman–Crippen MR) is 117 cm³/mol. The number of rotatable bonds is 6. The first-order valence-electron chi connectivity index (χ1n) is 8.69. The zero-order valence-corrected chi connectivity index (χ0v) is 18.5. The minimum Gasteiger partial charge on any atom is -0.483 e. The Hall–Kier alpha value is -2.96. The van der Waals surface area contributed by atoms with E-state index in [1.807, 2.05) is 0 Å². The predicted octanol–water partition coefficient (Wildman–Crippen LogP) is 2.01. The van der Waals surface area contributed by atoms with Crippen molar-refractivity contribution >= 4 is 43.3 Å². The highest BCUT2D eigenvalue weighted by molar-refractivity contribution is 9.11. The number of aromatic nitrogens is 2. The topological polar surface area (TPSA) is 125 Å². The van der Waals surface area contributed by atoms with Crippen LogP contribution in [0, 0.1) is 11.6 Å². The van der Waals surface area contributed by atoms with Gasteiger partial charge in [0.1, 0.15) is 22.3 Å². The molecule has 164 valence electrons. The number of aliphatic hydroxyl groups is 1. The van der Waals surface area contributed by atoms with E-state index < -0.39 is 36.0 Å². The number of halogens is 3. The van der Waals surface area contributed by atoms with E-state index in [0.717, 1.165) is 28.0 Å². The van der Waals surface area contributed by atoms with Gasteiger partial charge in [0.15, 0.2) is 5.88 Å². The molecule has 0 aliphatic rings. The fourth-order valence-corrected chi connectivity index (χ4v) is 4.71. The van der Waals surface area contributed by atoms with Gasteiger partial charge in [-0.1, -0.05) is 6.07 Å². The van der Waals surface area contributed by atoms with Crippen LogP contribution in [-0.4, -0.2) is 21.4 Å². The summed E-state index contributed by atoms with van der Waals surface area (Å²) in [5.41, 5.74) is 9.62. The first-order chi connectivity index (χ1) is 14.7. The second-order valence-corrected chi connectivity index (χ2v) is 8.58. The highest BCUT2D eigenvalue weighted by atomic mass is 79.9. The van der Waals surface area contributed by atoms with Crippen LogP contribution in [0.5, 0.6) is 0 Å². The van der Waals surface area contributed by atoms with Gasteiger partial charge in [-0.25, -0.2) is 18.1 Å². The van der Waals surface area contributed by atoms with Crippen molar-refractivity contribution in [3.05, 3.63) is 83.6 Å². The van der Waals surface area contributed by atoms with Crippen molar-refractivity contribution in [3.63, 3.8) is 0 Å². The number of allylic oxidation sites excluding steroid dienone is 2. The van der Waals surface area contributed by atoms with E-state index in [0.29, 0.717) is 8.35 Å². The Bertz CT molecular complexity index is 1320. The molecule has 3 rings (SSSR count). The number of ether oxygens (including phenoxy) is 1. The van der Waals surface area contributed by atoms with Crippen LogP contribution in [0.15, 0.2) is 49.6 Å². The molecule has 12 heteroatoms. The molecule has 0 radical (unpaired) electrons. The minimum absolute atomic E-state index is 0.00392. The second-order valence-electron chi connectivity index (χ2n) is 6.27. The van der Waals surface area contributed by atoms with Crippen molar-refractivity contribution in [2.24, 2.45) is 11.5 Å². The van der Waals surface area contributed by atoms with Crippen LogP contribution in [0.25, 0.3) is 16.0 Å². The van der Waals surface area contributed by atoms with Gasteiger partial charge in [-0.15, -0.1) is 11.3 Å². The van der Waals surface area contributed by atoms with Crippen molar-refractivity contribution in [3.8, 4) is 0 Å². The maximum absolute atomic E-state index is 14.3. The molecule has 1 aromatic carbocycles. The molecule has 0 spiro atoms. The molecule has 0 atom stereocenters. The second kappa shape index (κ2) is 9.04. The summed E-state index contributed by atoms with van der Waals surface area (Å²) in [5.74, 6) is -2.03. The molecule has 5 N–H and O–H groups in total. The summed E-state index contributed by atoms with van der Waals surface area (Å²) < 4.78 is 35.4. The van der Waals surface area contributed by atoms with Crippen LogP contribution >= 0.6 is 27.3 Å². The van der Waals surface area contributed by atoms with Crippen molar-refractivity contribution in [2.75, 3.05) is 7.11 Å². The molecule has 0 fully saturated rings. The van der Waals surface area contributed by atoms with E-state index in [1.165, 1.54) is 25.3 Å². The van der Waals surface area contributed by atoms with Crippen LogP contribution in [0.1, 0.15) is 11.1 Å². The number of aliphatic hydroxyl groups excluding tert-OH is 1. The number of thiophene rings is 1. The van der Waals surface area contributed by atoms with E-state index in [9.17, 15) is 23.5 Å². The Morgan fingerprint density at radius 3 is 2.45 bits per heavy atom. The van der Waals surface area contributed by atoms with Crippen LogP contribution in [0.3, 0.4) is 0 Å². The first kappa shape index (κ1) is 22.7. The van der Waals surface area contributed by atoms with E-state index in [4.69, 9.17) is 16.2 Å². The molecule has 8 nitrogen and oxygen atoms in total. The van der Waals surface area contributed by atoms with Gasteiger partial charge < -0.3 is 21.3 Å². The Balaban J connectivity index is 2.39. The number of hydrogen-bond acceptors (Lipinski definition) is 7. The summed E-state index contributed by atoms with van der Waals surface area (Å²) in [5, 5.41) is 9.73. The average molecular weight is 515 g/mol. The third-order valence-electron chi connectivity index (χ3n) is 4.47. The molecule has 0 aliphatic heterocycles.